The van der Waals surface area contributed by atoms with Gasteiger partial charge in [-0.2, -0.15) is 5.10 Å². The summed E-state index contributed by atoms with van der Waals surface area (Å²) in [6.45, 7) is 6.78. The maximum atomic E-state index is 4.49. The van der Waals surface area contributed by atoms with E-state index in [-0.39, 0.29) is 24.0 Å². The first-order valence-electron chi connectivity index (χ1n) is 6.26. The lowest BCUT2D eigenvalue weighted by atomic mass is 10.2. The average Bonchev–Trinajstić information content (AvgIpc) is 2.71. The molecule has 1 aromatic rings. The van der Waals surface area contributed by atoms with Gasteiger partial charge in [0.25, 0.3) is 0 Å². The van der Waals surface area contributed by atoms with Gasteiger partial charge in [0.15, 0.2) is 5.96 Å². The fourth-order valence-corrected chi connectivity index (χ4v) is 1.58. The number of nitrogens with one attached hydrogen (secondary N) is 2. The zero-order valence-electron chi connectivity index (χ0n) is 11.4. The minimum Gasteiger partial charge on any atom is -0.357 e. The Morgan fingerprint density at radius 3 is 2.50 bits per heavy atom. The van der Waals surface area contributed by atoms with Crippen molar-refractivity contribution in [2.75, 3.05) is 19.6 Å². The Bertz CT molecular complexity index is 340. The molecule has 18 heavy (non-hydrogen) atoms. The van der Waals surface area contributed by atoms with E-state index in [1.807, 2.05) is 17.9 Å². The summed E-state index contributed by atoms with van der Waals surface area (Å²) in [4.78, 5) is 4.49. The molecule has 0 saturated carbocycles. The van der Waals surface area contributed by atoms with Crippen LogP contribution in [0.4, 0.5) is 0 Å². The highest BCUT2D eigenvalue weighted by molar-refractivity contribution is 14.0. The molecule has 0 spiro atoms. The molecule has 104 valence electrons. The third-order valence-corrected chi connectivity index (χ3v) is 2.34. The number of rotatable bonds is 6. The first kappa shape index (κ1) is 17.2. The molecule has 0 saturated heterocycles. The van der Waals surface area contributed by atoms with Crippen LogP contribution in [0.15, 0.2) is 17.4 Å². The Labute approximate surface area is 126 Å². The second-order valence-electron chi connectivity index (χ2n) is 3.92. The second-order valence-corrected chi connectivity index (χ2v) is 3.92. The monoisotopic (exact) mass is 365 g/mol. The van der Waals surface area contributed by atoms with Gasteiger partial charge in [-0.05, 0) is 32.3 Å². The minimum absolute atomic E-state index is 0. The second kappa shape index (κ2) is 10.2. The van der Waals surface area contributed by atoms with Crippen LogP contribution in [0, 0.1) is 0 Å². The first-order valence-corrected chi connectivity index (χ1v) is 6.26. The summed E-state index contributed by atoms with van der Waals surface area (Å²) >= 11 is 0. The van der Waals surface area contributed by atoms with E-state index in [2.05, 4.69) is 40.8 Å². The van der Waals surface area contributed by atoms with Gasteiger partial charge < -0.3 is 10.6 Å². The predicted octanol–water partition coefficient (Wildman–Crippen LogP) is 1.55. The predicted molar refractivity (Wildman–Crippen MR) is 86.6 cm³/mol. The number of nitrogens with zero attached hydrogens (tertiary/aromatic N) is 3. The molecule has 1 aromatic heterocycles. The molecule has 0 aliphatic carbocycles. The fourth-order valence-electron chi connectivity index (χ4n) is 1.58. The van der Waals surface area contributed by atoms with Gasteiger partial charge in [0.05, 0.1) is 6.20 Å². The molecule has 1 heterocycles. The maximum Gasteiger partial charge on any atom is 0.191 e. The molecule has 0 atom stereocenters. The van der Waals surface area contributed by atoms with Crippen LogP contribution in [0.1, 0.15) is 25.8 Å². The third kappa shape index (κ3) is 6.83. The van der Waals surface area contributed by atoms with E-state index in [1.165, 1.54) is 5.56 Å². The van der Waals surface area contributed by atoms with E-state index < -0.39 is 0 Å². The Morgan fingerprint density at radius 1 is 1.33 bits per heavy atom. The van der Waals surface area contributed by atoms with E-state index >= 15 is 0 Å². The maximum absolute atomic E-state index is 4.49. The Morgan fingerprint density at radius 2 is 2.00 bits per heavy atom. The summed E-state index contributed by atoms with van der Waals surface area (Å²) in [5, 5.41) is 10.6. The Balaban J connectivity index is 0.00000289. The van der Waals surface area contributed by atoms with Gasteiger partial charge in [0, 0.05) is 32.9 Å². The molecule has 0 bridgehead atoms. The smallest absolute Gasteiger partial charge is 0.191 e. The molecule has 0 fully saturated rings. The van der Waals surface area contributed by atoms with Crippen molar-refractivity contribution in [3.63, 3.8) is 0 Å². The number of aryl methyl sites for hydroxylation is 2. The van der Waals surface area contributed by atoms with E-state index in [1.54, 1.807) is 0 Å². The van der Waals surface area contributed by atoms with Crippen molar-refractivity contribution < 1.29 is 0 Å². The van der Waals surface area contributed by atoms with Crippen LogP contribution >= 0.6 is 24.0 Å². The minimum atomic E-state index is 0. The SMILES string of the molecule is CCNC(=NCCCc1cnn(C)c1)NCC.I. The summed E-state index contributed by atoms with van der Waals surface area (Å²) in [6.07, 6.45) is 6.05. The Hall–Kier alpha value is -0.790. The van der Waals surface area contributed by atoms with Gasteiger partial charge in [0.1, 0.15) is 0 Å². The van der Waals surface area contributed by atoms with E-state index in [0.717, 1.165) is 38.4 Å². The van der Waals surface area contributed by atoms with Crippen molar-refractivity contribution in [1.82, 2.24) is 20.4 Å². The average molecular weight is 365 g/mol. The molecule has 6 heteroatoms. The number of aliphatic imine (C=N–C) groups is 1. The van der Waals surface area contributed by atoms with Crippen molar-refractivity contribution in [3.05, 3.63) is 18.0 Å². The molecule has 0 amide bonds. The summed E-state index contributed by atoms with van der Waals surface area (Å²) in [6, 6.07) is 0. The molecule has 0 radical (unpaired) electrons. The third-order valence-electron chi connectivity index (χ3n) is 2.34. The summed E-state index contributed by atoms with van der Waals surface area (Å²) in [7, 11) is 1.94. The summed E-state index contributed by atoms with van der Waals surface area (Å²) in [5.41, 5.74) is 1.27. The zero-order valence-corrected chi connectivity index (χ0v) is 13.8. The number of halogens is 1. The number of hydrogen-bond donors (Lipinski definition) is 2. The first-order chi connectivity index (χ1) is 8.26. The normalized spacial score (nSPS) is 9.50. The lowest BCUT2D eigenvalue weighted by molar-refractivity contribution is 0.764. The molecule has 5 nitrogen and oxygen atoms in total. The zero-order chi connectivity index (χ0) is 12.5. The van der Waals surface area contributed by atoms with Crippen molar-refractivity contribution in [2.45, 2.75) is 26.7 Å². The van der Waals surface area contributed by atoms with Crippen molar-refractivity contribution in [2.24, 2.45) is 12.0 Å². The van der Waals surface area contributed by atoms with E-state index in [9.17, 15) is 0 Å². The molecular weight excluding hydrogens is 341 g/mol. The molecule has 0 aliphatic heterocycles. The van der Waals surface area contributed by atoms with Crippen LogP contribution in [0.25, 0.3) is 0 Å². The molecule has 2 N–H and O–H groups in total. The van der Waals surface area contributed by atoms with Crippen LogP contribution < -0.4 is 10.6 Å². The fraction of sp³-hybridized carbons (Fsp3) is 0.667. The molecule has 0 unspecified atom stereocenters. The highest BCUT2D eigenvalue weighted by Gasteiger charge is 1.97. The van der Waals surface area contributed by atoms with Crippen molar-refractivity contribution in [1.29, 1.82) is 0 Å². The molecule has 1 rings (SSSR count). The topological polar surface area (TPSA) is 54.2 Å². The van der Waals surface area contributed by atoms with Crippen LogP contribution in [-0.2, 0) is 13.5 Å². The molecule has 0 aromatic carbocycles. The van der Waals surface area contributed by atoms with Gasteiger partial charge in [-0.25, -0.2) is 0 Å². The van der Waals surface area contributed by atoms with Crippen LogP contribution in [0.2, 0.25) is 0 Å². The molecular formula is C12H24IN5. The number of aromatic nitrogens is 2. The van der Waals surface area contributed by atoms with Gasteiger partial charge in [0.2, 0.25) is 0 Å². The largest absolute Gasteiger partial charge is 0.357 e. The van der Waals surface area contributed by atoms with Gasteiger partial charge in [-0.15, -0.1) is 24.0 Å². The highest BCUT2D eigenvalue weighted by Crippen LogP contribution is 2.00. The summed E-state index contributed by atoms with van der Waals surface area (Å²) in [5.74, 6) is 0.904. The number of guanidine groups is 1. The van der Waals surface area contributed by atoms with Crippen molar-refractivity contribution in [3.8, 4) is 0 Å². The highest BCUT2D eigenvalue weighted by atomic mass is 127. The van der Waals surface area contributed by atoms with Gasteiger partial charge in [-0.1, -0.05) is 0 Å². The van der Waals surface area contributed by atoms with Crippen LogP contribution in [-0.4, -0.2) is 35.4 Å². The standard InChI is InChI=1S/C12H23N5.HI/c1-4-13-12(14-5-2)15-8-6-7-11-9-16-17(3)10-11;/h9-10H,4-8H2,1-3H3,(H2,13,14,15);1H. The number of hydrogen-bond acceptors (Lipinski definition) is 2. The lowest BCUT2D eigenvalue weighted by Gasteiger charge is -2.08. The van der Waals surface area contributed by atoms with Gasteiger partial charge in [-0.3, -0.25) is 9.67 Å². The van der Waals surface area contributed by atoms with E-state index in [0.29, 0.717) is 0 Å². The Kier molecular flexibility index (Phi) is 9.72. The van der Waals surface area contributed by atoms with Crippen molar-refractivity contribution >= 4 is 29.9 Å². The lowest BCUT2D eigenvalue weighted by Crippen LogP contribution is -2.37. The van der Waals surface area contributed by atoms with Gasteiger partial charge >= 0.3 is 0 Å². The van der Waals surface area contributed by atoms with Crippen LogP contribution in [0.3, 0.4) is 0 Å². The van der Waals surface area contributed by atoms with E-state index in [4.69, 9.17) is 0 Å². The van der Waals surface area contributed by atoms with Crippen LogP contribution in [0.5, 0.6) is 0 Å². The summed E-state index contributed by atoms with van der Waals surface area (Å²) < 4.78 is 1.83. The quantitative estimate of drug-likeness (QED) is 0.348. The molecule has 0 aliphatic rings.